The van der Waals surface area contributed by atoms with E-state index >= 15 is 0 Å². The van der Waals surface area contributed by atoms with Gasteiger partial charge in [-0.25, -0.2) is 4.79 Å². The van der Waals surface area contributed by atoms with Crippen LogP contribution in [0.25, 0.3) is 0 Å². The molecule has 0 radical (unpaired) electrons. The summed E-state index contributed by atoms with van der Waals surface area (Å²) < 4.78 is 7.26. The van der Waals surface area contributed by atoms with Crippen molar-refractivity contribution in [2.45, 2.75) is 46.6 Å². The van der Waals surface area contributed by atoms with Crippen LogP contribution in [0.2, 0.25) is 0 Å². The number of nitrogens with one attached hydrogen (secondary N) is 2. The number of furan rings is 1. The maximum Gasteiger partial charge on any atom is 0.319 e. The van der Waals surface area contributed by atoms with Crippen LogP contribution in [0, 0.1) is 19.3 Å². The summed E-state index contributed by atoms with van der Waals surface area (Å²) in [6.07, 6.45) is 3.35. The Hall–Kier alpha value is -2.50. The average Bonchev–Trinajstić information content (AvgIpc) is 2.83. The van der Waals surface area contributed by atoms with E-state index in [4.69, 9.17) is 4.42 Å². The predicted molar refractivity (Wildman–Crippen MR) is 96.9 cm³/mol. The van der Waals surface area contributed by atoms with E-state index < -0.39 is 0 Å². The van der Waals surface area contributed by atoms with Gasteiger partial charge in [0.05, 0.1) is 11.7 Å². The second kappa shape index (κ2) is 6.10. The Morgan fingerprint density at radius 1 is 1.32 bits per heavy atom. The lowest BCUT2D eigenvalue weighted by molar-refractivity contribution is 0.222. The monoisotopic (exact) mass is 343 g/mol. The number of carbonyl (C=O) groups excluding carboxylic acids is 1. The van der Waals surface area contributed by atoms with E-state index in [9.17, 15) is 9.59 Å². The Labute approximate surface area is 147 Å². The van der Waals surface area contributed by atoms with E-state index in [0.29, 0.717) is 5.69 Å². The van der Waals surface area contributed by atoms with Gasteiger partial charge >= 0.3 is 6.03 Å². The Kier molecular flexibility index (Phi) is 4.22. The number of aromatic nitrogens is 1. The summed E-state index contributed by atoms with van der Waals surface area (Å²) in [6, 6.07) is 3.14. The van der Waals surface area contributed by atoms with E-state index in [1.165, 1.54) is 10.6 Å². The largest absolute Gasteiger partial charge is 0.466 e. The molecule has 0 saturated carbocycles. The van der Waals surface area contributed by atoms with Crippen molar-refractivity contribution in [3.63, 3.8) is 0 Å². The molecule has 2 aromatic rings. The van der Waals surface area contributed by atoms with E-state index in [2.05, 4.69) is 24.5 Å². The van der Waals surface area contributed by atoms with Gasteiger partial charge in [-0.2, -0.15) is 0 Å². The lowest BCUT2D eigenvalue weighted by atomic mass is 9.75. The summed E-state index contributed by atoms with van der Waals surface area (Å²) >= 11 is 0. The van der Waals surface area contributed by atoms with Gasteiger partial charge in [-0.1, -0.05) is 13.8 Å². The molecule has 2 N–H and O–H groups in total. The van der Waals surface area contributed by atoms with Gasteiger partial charge in [0.1, 0.15) is 11.5 Å². The summed E-state index contributed by atoms with van der Waals surface area (Å²) in [5.41, 5.74) is 2.38. The van der Waals surface area contributed by atoms with E-state index in [0.717, 1.165) is 35.5 Å². The highest BCUT2D eigenvalue weighted by Crippen LogP contribution is 2.42. The minimum Gasteiger partial charge on any atom is -0.466 e. The molecule has 0 aromatic carbocycles. The Morgan fingerprint density at radius 3 is 2.76 bits per heavy atom. The molecule has 134 valence electrons. The molecule has 6 nitrogen and oxygen atoms in total. The summed E-state index contributed by atoms with van der Waals surface area (Å²) in [6.45, 7) is 8.09. The molecule has 0 fully saturated rings. The van der Waals surface area contributed by atoms with Gasteiger partial charge in [0.25, 0.3) is 5.56 Å². The number of nitrogens with zero attached hydrogens (tertiary/aromatic N) is 1. The quantitative estimate of drug-likeness (QED) is 0.877. The van der Waals surface area contributed by atoms with Crippen molar-refractivity contribution in [3.8, 4) is 0 Å². The lowest BCUT2D eigenvalue weighted by Gasteiger charge is -2.34. The van der Waals surface area contributed by atoms with E-state index in [1.54, 1.807) is 20.2 Å². The Balaban J connectivity index is 1.79. The lowest BCUT2D eigenvalue weighted by Crippen LogP contribution is -2.38. The van der Waals surface area contributed by atoms with Crippen LogP contribution in [0.1, 0.15) is 49.0 Å². The smallest absolute Gasteiger partial charge is 0.319 e. The van der Waals surface area contributed by atoms with Gasteiger partial charge in [-0.15, -0.1) is 0 Å². The third kappa shape index (κ3) is 3.62. The number of anilines is 1. The topological polar surface area (TPSA) is 76.3 Å². The molecule has 0 spiro atoms. The van der Waals surface area contributed by atoms with Crippen molar-refractivity contribution in [2.75, 3.05) is 5.32 Å². The third-order valence-electron chi connectivity index (χ3n) is 4.72. The number of urea groups is 1. The number of rotatable bonds is 2. The molecule has 0 bridgehead atoms. The molecule has 2 heterocycles. The van der Waals surface area contributed by atoms with Gasteiger partial charge < -0.3 is 19.6 Å². The first-order valence-corrected chi connectivity index (χ1v) is 8.49. The Bertz CT molecular complexity index is 877. The molecule has 1 aliphatic carbocycles. The van der Waals surface area contributed by atoms with Gasteiger partial charge in [0, 0.05) is 31.3 Å². The van der Waals surface area contributed by atoms with Crippen molar-refractivity contribution in [2.24, 2.45) is 12.5 Å². The summed E-state index contributed by atoms with van der Waals surface area (Å²) in [5.74, 6) is 1.82. The highest BCUT2D eigenvalue weighted by molar-refractivity contribution is 5.90. The maximum absolute atomic E-state index is 12.5. The molecule has 0 saturated heterocycles. The van der Waals surface area contributed by atoms with Crippen molar-refractivity contribution < 1.29 is 9.21 Å². The van der Waals surface area contributed by atoms with Crippen molar-refractivity contribution in [1.29, 1.82) is 0 Å². The van der Waals surface area contributed by atoms with Crippen LogP contribution in [0.5, 0.6) is 0 Å². The first-order chi connectivity index (χ1) is 11.6. The molecule has 2 aromatic heterocycles. The molecule has 25 heavy (non-hydrogen) atoms. The second-order valence-electron chi connectivity index (χ2n) is 7.75. The number of fused-ring (bicyclic) bond motifs is 1. The van der Waals surface area contributed by atoms with Crippen LogP contribution in [0.15, 0.2) is 27.5 Å². The minimum absolute atomic E-state index is 0.0573. The van der Waals surface area contributed by atoms with E-state index in [1.807, 2.05) is 13.0 Å². The SMILES string of the molecule is Cc1cc2c(o1)CC(C)(C)C[C@H]2NC(=O)Nc1cn(C)c(=O)cc1C. The van der Waals surface area contributed by atoms with Crippen LogP contribution in [-0.2, 0) is 13.5 Å². The number of hydrogen-bond acceptors (Lipinski definition) is 3. The highest BCUT2D eigenvalue weighted by Gasteiger charge is 2.35. The molecule has 2 amide bonds. The zero-order valence-corrected chi connectivity index (χ0v) is 15.4. The number of carbonyl (C=O) groups is 1. The number of pyridine rings is 1. The molecule has 0 unspecified atom stereocenters. The minimum atomic E-state index is -0.283. The third-order valence-corrected chi connectivity index (χ3v) is 4.72. The second-order valence-corrected chi connectivity index (χ2v) is 7.75. The van der Waals surface area contributed by atoms with Crippen molar-refractivity contribution in [1.82, 2.24) is 9.88 Å². The van der Waals surface area contributed by atoms with E-state index in [-0.39, 0.29) is 23.0 Å². The molecule has 1 aliphatic rings. The molecule has 0 aliphatic heterocycles. The fourth-order valence-electron chi connectivity index (χ4n) is 3.48. The van der Waals surface area contributed by atoms with Gasteiger partial charge in [-0.05, 0) is 37.3 Å². The predicted octanol–water partition coefficient (Wildman–Crippen LogP) is 3.43. The molecule has 1 atom stereocenters. The van der Waals surface area contributed by atoms with Crippen LogP contribution >= 0.6 is 0 Å². The van der Waals surface area contributed by atoms with Crippen molar-refractivity contribution in [3.05, 3.63) is 51.3 Å². The molecular weight excluding hydrogens is 318 g/mol. The normalized spacial score (nSPS) is 18.5. The number of aryl methyl sites for hydroxylation is 3. The summed E-state index contributed by atoms with van der Waals surface area (Å²) in [4.78, 5) is 24.1. The molecular formula is C19H25N3O3. The standard InChI is InChI=1S/C19H25N3O3/c1-11-6-17(23)22(5)10-15(11)21-18(24)20-14-8-19(3,4)9-16-13(14)7-12(2)25-16/h6-7,10,14H,8-9H2,1-5H3,(H2,20,21,24)/t14-/m1/s1. The van der Waals surface area contributed by atoms with Crippen LogP contribution in [0.4, 0.5) is 10.5 Å². The first kappa shape index (κ1) is 17.3. The summed E-state index contributed by atoms with van der Waals surface area (Å²) in [7, 11) is 1.66. The van der Waals surface area contributed by atoms with Crippen molar-refractivity contribution >= 4 is 11.7 Å². The first-order valence-electron chi connectivity index (χ1n) is 8.49. The Morgan fingerprint density at radius 2 is 2.04 bits per heavy atom. The maximum atomic E-state index is 12.5. The fraction of sp³-hybridized carbons (Fsp3) is 0.474. The number of hydrogen-bond donors (Lipinski definition) is 2. The van der Waals surface area contributed by atoms with Crippen LogP contribution < -0.4 is 16.2 Å². The fourth-order valence-corrected chi connectivity index (χ4v) is 3.48. The van der Waals surface area contributed by atoms with Crippen LogP contribution in [-0.4, -0.2) is 10.6 Å². The summed E-state index contributed by atoms with van der Waals surface area (Å²) in [5, 5.41) is 5.91. The average molecular weight is 343 g/mol. The highest BCUT2D eigenvalue weighted by atomic mass is 16.3. The zero-order valence-electron chi connectivity index (χ0n) is 15.4. The van der Waals surface area contributed by atoms with Gasteiger partial charge in [0.2, 0.25) is 0 Å². The van der Waals surface area contributed by atoms with Crippen LogP contribution in [0.3, 0.4) is 0 Å². The van der Waals surface area contributed by atoms with Gasteiger partial charge in [0.15, 0.2) is 0 Å². The molecule has 3 rings (SSSR count). The number of amides is 2. The molecule has 6 heteroatoms. The van der Waals surface area contributed by atoms with Gasteiger partial charge in [-0.3, -0.25) is 4.79 Å². The zero-order chi connectivity index (χ0) is 18.4.